The molecule has 0 saturated heterocycles. The lowest BCUT2D eigenvalue weighted by molar-refractivity contribution is -0.110. The molecule has 0 atom stereocenters. The Morgan fingerprint density at radius 2 is 1.97 bits per heavy atom. The molecule has 1 aliphatic heterocycles. The third-order valence-electron chi connectivity index (χ3n) is 4.67. The fourth-order valence-corrected chi connectivity index (χ4v) is 3.11. The van der Waals surface area contributed by atoms with Gasteiger partial charge in [0.1, 0.15) is 5.82 Å². The quantitative estimate of drug-likeness (QED) is 0.569. The zero-order chi connectivity index (χ0) is 20.4. The molecule has 0 bridgehead atoms. The van der Waals surface area contributed by atoms with Crippen LogP contribution in [0.4, 0.5) is 21.5 Å². The highest BCUT2D eigenvalue weighted by atomic mass is 19.1. The third kappa shape index (κ3) is 4.08. The summed E-state index contributed by atoms with van der Waals surface area (Å²) in [5.74, 6) is -0.638. The van der Waals surface area contributed by atoms with Crippen LogP contribution in [-0.4, -0.2) is 15.9 Å². The van der Waals surface area contributed by atoms with Gasteiger partial charge in [-0.1, -0.05) is 0 Å². The largest absolute Gasteiger partial charge is 0.379 e. The van der Waals surface area contributed by atoms with E-state index in [4.69, 9.17) is 0 Å². The summed E-state index contributed by atoms with van der Waals surface area (Å²) in [7, 11) is 0. The Morgan fingerprint density at radius 1 is 1.10 bits per heavy atom. The summed E-state index contributed by atoms with van der Waals surface area (Å²) in [4.78, 5) is 20.7. The number of halogens is 1. The number of nitrogens with one attached hydrogen (secondary N) is 3. The predicted molar refractivity (Wildman–Crippen MR) is 112 cm³/mol. The van der Waals surface area contributed by atoms with E-state index in [2.05, 4.69) is 25.9 Å². The molecule has 2 heterocycles. The molecule has 0 radical (unpaired) electrons. The first-order valence-corrected chi connectivity index (χ1v) is 9.19. The highest BCUT2D eigenvalue weighted by Crippen LogP contribution is 2.32. The van der Waals surface area contributed by atoms with Crippen molar-refractivity contribution in [2.45, 2.75) is 20.4 Å². The van der Waals surface area contributed by atoms with E-state index in [-0.39, 0.29) is 11.7 Å². The molecule has 7 heteroatoms. The molecule has 4 rings (SSSR count). The molecule has 0 aliphatic carbocycles. The van der Waals surface area contributed by atoms with Gasteiger partial charge in [0.05, 0.1) is 35.4 Å². The summed E-state index contributed by atoms with van der Waals surface area (Å²) in [5.41, 5.74) is 6.27. The second kappa shape index (κ2) is 7.71. The van der Waals surface area contributed by atoms with E-state index in [0.29, 0.717) is 23.4 Å². The second-order valence-corrected chi connectivity index (χ2v) is 6.88. The minimum Gasteiger partial charge on any atom is -0.379 e. The van der Waals surface area contributed by atoms with E-state index < -0.39 is 0 Å². The van der Waals surface area contributed by atoms with Crippen molar-refractivity contribution in [3.05, 3.63) is 83.3 Å². The normalized spacial score (nSPS) is 13.9. The first kappa shape index (κ1) is 18.6. The molecule has 1 amide bonds. The first-order valence-electron chi connectivity index (χ1n) is 9.19. The Labute approximate surface area is 167 Å². The molecule has 0 unspecified atom stereocenters. The molecular weight excluding hydrogens is 369 g/mol. The van der Waals surface area contributed by atoms with Crippen LogP contribution in [-0.2, 0) is 11.3 Å². The second-order valence-electron chi connectivity index (χ2n) is 6.88. The SMILES string of the molecule is Cc1cnc(CNc2ccc(N/C=C3/C(=O)Nc4cc(F)ccc43)cc2C)cn1. The third-order valence-corrected chi connectivity index (χ3v) is 4.67. The zero-order valence-electron chi connectivity index (χ0n) is 16.1. The smallest absolute Gasteiger partial charge is 0.257 e. The van der Waals surface area contributed by atoms with Crippen LogP contribution in [0.3, 0.4) is 0 Å². The highest BCUT2D eigenvalue weighted by Gasteiger charge is 2.24. The summed E-state index contributed by atoms with van der Waals surface area (Å²) >= 11 is 0. The maximum absolute atomic E-state index is 13.3. The minimum absolute atomic E-state index is 0.257. The fraction of sp³-hybridized carbons (Fsp3) is 0.136. The lowest BCUT2D eigenvalue weighted by Crippen LogP contribution is -2.06. The van der Waals surface area contributed by atoms with E-state index >= 15 is 0 Å². The number of rotatable bonds is 5. The van der Waals surface area contributed by atoms with Crippen molar-refractivity contribution < 1.29 is 9.18 Å². The van der Waals surface area contributed by atoms with E-state index in [1.54, 1.807) is 24.7 Å². The van der Waals surface area contributed by atoms with E-state index in [9.17, 15) is 9.18 Å². The number of benzene rings is 2. The van der Waals surface area contributed by atoms with Crippen LogP contribution in [0, 0.1) is 19.7 Å². The van der Waals surface area contributed by atoms with Crippen LogP contribution in [0.15, 0.2) is 55.0 Å². The van der Waals surface area contributed by atoms with Gasteiger partial charge in [-0.15, -0.1) is 0 Å². The van der Waals surface area contributed by atoms with Gasteiger partial charge in [-0.25, -0.2) is 4.39 Å². The average Bonchev–Trinajstić information content (AvgIpc) is 3.01. The predicted octanol–water partition coefficient (Wildman–Crippen LogP) is 4.25. The number of carbonyl (C=O) groups excluding carboxylic acids is 1. The molecule has 6 nitrogen and oxygen atoms in total. The van der Waals surface area contributed by atoms with Crippen molar-refractivity contribution >= 4 is 28.5 Å². The molecular formula is C22H20FN5O. The van der Waals surface area contributed by atoms with Gasteiger partial charge in [0.15, 0.2) is 0 Å². The summed E-state index contributed by atoms with van der Waals surface area (Å²) in [6.07, 6.45) is 5.15. The number of aryl methyl sites for hydroxylation is 2. The van der Waals surface area contributed by atoms with E-state index in [1.807, 2.05) is 32.0 Å². The van der Waals surface area contributed by atoms with Crippen molar-refractivity contribution in [3.63, 3.8) is 0 Å². The maximum atomic E-state index is 13.3. The van der Waals surface area contributed by atoms with Gasteiger partial charge in [-0.05, 0) is 55.8 Å². The van der Waals surface area contributed by atoms with Crippen LogP contribution >= 0.6 is 0 Å². The van der Waals surface area contributed by atoms with E-state index in [0.717, 1.165) is 28.3 Å². The first-order chi connectivity index (χ1) is 14.0. The molecule has 2 aromatic carbocycles. The minimum atomic E-state index is -0.381. The number of anilines is 3. The summed E-state index contributed by atoms with van der Waals surface area (Å²) in [6, 6.07) is 10.1. The van der Waals surface area contributed by atoms with Gasteiger partial charge in [-0.3, -0.25) is 14.8 Å². The molecule has 0 saturated carbocycles. The highest BCUT2D eigenvalue weighted by molar-refractivity contribution is 6.31. The van der Waals surface area contributed by atoms with Gasteiger partial charge in [0.25, 0.3) is 5.91 Å². The van der Waals surface area contributed by atoms with Crippen molar-refractivity contribution in [1.82, 2.24) is 9.97 Å². The summed E-state index contributed by atoms with van der Waals surface area (Å²) < 4.78 is 13.3. The fourth-order valence-electron chi connectivity index (χ4n) is 3.11. The lowest BCUT2D eigenvalue weighted by Gasteiger charge is -2.11. The van der Waals surface area contributed by atoms with Crippen molar-refractivity contribution in [3.8, 4) is 0 Å². The van der Waals surface area contributed by atoms with Crippen molar-refractivity contribution in [1.29, 1.82) is 0 Å². The lowest BCUT2D eigenvalue weighted by atomic mass is 10.1. The number of hydrogen-bond donors (Lipinski definition) is 3. The van der Waals surface area contributed by atoms with Gasteiger partial charge in [0.2, 0.25) is 0 Å². The molecule has 3 N–H and O–H groups in total. The molecule has 0 fully saturated rings. The topological polar surface area (TPSA) is 78.9 Å². The molecule has 1 aromatic heterocycles. The molecule has 3 aromatic rings. The van der Waals surface area contributed by atoms with Crippen LogP contribution < -0.4 is 16.0 Å². The monoisotopic (exact) mass is 389 g/mol. The van der Waals surface area contributed by atoms with Gasteiger partial charge in [0, 0.05) is 29.3 Å². The van der Waals surface area contributed by atoms with Crippen molar-refractivity contribution in [2.24, 2.45) is 0 Å². The average molecular weight is 389 g/mol. The summed E-state index contributed by atoms with van der Waals surface area (Å²) in [5, 5.41) is 9.18. The Hall–Kier alpha value is -3.74. The number of hydrogen-bond acceptors (Lipinski definition) is 5. The van der Waals surface area contributed by atoms with Crippen LogP contribution in [0.5, 0.6) is 0 Å². The van der Waals surface area contributed by atoms with Crippen LogP contribution in [0.2, 0.25) is 0 Å². The van der Waals surface area contributed by atoms with Gasteiger partial charge >= 0.3 is 0 Å². The number of nitrogens with zero attached hydrogens (tertiary/aromatic N) is 2. The Kier molecular flexibility index (Phi) is 4.95. The van der Waals surface area contributed by atoms with Crippen molar-refractivity contribution in [2.75, 3.05) is 16.0 Å². The zero-order valence-corrected chi connectivity index (χ0v) is 16.1. The molecule has 29 heavy (non-hydrogen) atoms. The standard InChI is InChI=1S/C22H20FN5O/c1-13-7-16(4-6-20(13)27-11-17-10-24-14(2)9-25-17)26-12-19-18-5-3-15(23)8-21(18)28-22(19)29/h3-10,12,26-27H,11H2,1-2H3,(H,28,29)/b19-12+. The van der Waals surface area contributed by atoms with Crippen LogP contribution in [0.1, 0.15) is 22.5 Å². The molecule has 1 aliphatic rings. The number of aromatic nitrogens is 2. The molecule has 146 valence electrons. The number of fused-ring (bicyclic) bond motifs is 1. The van der Waals surface area contributed by atoms with E-state index in [1.165, 1.54) is 12.1 Å². The number of amides is 1. The Bertz CT molecular complexity index is 1110. The van der Waals surface area contributed by atoms with Crippen LogP contribution in [0.25, 0.3) is 5.57 Å². The summed E-state index contributed by atoms with van der Waals surface area (Å²) in [6.45, 7) is 4.49. The molecule has 0 spiro atoms. The van der Waals surface area contributed by atoms with Gasteiger partial charge < -0.3 is 16.0 Å². The Balaban J connectivity index is 1.45. The number of carbonyl (C=O) groups is 1. The maximum Gasteiger partial charge on any atom is 0.257 e. The Morgan fingerprint density at radius 3 is 2.72 bits per heavy atom. The van der Waals surface area contributed by atoms with Gasteiger partial charge in [-0.2, -0.15) is 0 Å².